The van der Waals surface area contributed by atoms with Crippen LogP contribution in [0, 0.1) is 0 Å². The largest absolute Gasteiger partial charge is 0.397 e. The maximum atomic E-state index is 11.8. The van der Waals surface area contributed by atoms with Crippen LogP contribution >= 0.6 is 11.3 Å². The Morgan fingerprint density at radius 2 is 2.45 bits per heavy atom. The number of amides is 1. The monoisotopic (exact) mass is 293 g/mol. The van der Waals surface area contributed by atoms with E-state index in [2.05, 4.69) is 27.4 Å². The Bertz CT molecular complexity index is 579. The number of carbonyl (C=O) groups excluding carboxylic acids is 1. The molecule has 106 valence electrons. The summed E-state index contributed by atoms with van der Waals surface area (Å²) < 4.78 is 4.89. The lowest BCUT2D eigenvalue weighted by Gasteiger charge is -2.00. The summed E-state index contributed by atoms with van der Waals surface area (Å²) in [6.07, 6.45) is 3.58. The lowest BCUT2D eigenvalue weighted by molar-refractivity contribution is 0.0963. The van der Waals surface area contributed by atoms with Crippen molar-refractivity contribution in [2.45, 2.75) is 6.42 Å². The van der Waals surface area contributed by atoms with Crippen molar-refractivity contribution in [3.05, 3.63) is 35.8 Å². The minimum Gasteiger partial charge on any atom is -0.397 e. The van der Waals surface area contributed by atoms with Crippen LogP contribution in [0.4, 0.5) is 10.7 Å². The number of thiophene rings is 1. The van der Waals surface area contributed by atoms with Crippen LogP contribution in [0.1, 0.15) is 15.6 Å². The maximum absolute atomic E-state index is 11.8. The van der Waals surface area contributed by atoms with E-state index in [9.17, 15) is 4.79 Å². The van der Waals surface area contributed by atoms with Gasteiger partial charge < -0.3 is 20.9 Å². The van der Waals surface area contributed by atoms with E-state index in [1.165, 1.54) is 17.7 Å². The molecule has 0 bridgehead atoms. The second-order valence-corrected chi connectivity index (χ2v) is 4.96. The summed E-state index contributed by atoms with van der Waals surface area (Å²) in [5.74, 6) is 0.364. The molecule has 0 fully saturated rings. The Balaban J connectivity index is 1.89. The van der Waals surface area contributed by atoms with E-state index in [4.69, 9.17) is 10.3 Å². The van der Waals surface area contributed by atoms with E-state index in [1.807, 2.05) is 0 Å². The highest BCUT2D eigenvalue weighted by Crippen LogP contribution is 2.28. The third-order valence-corrected chi connectivity index (χ3v) is 3.53. The van der Waals surface area contributed by atoms with Gasteiger partial charge in [0.25, 0.3) is 5.91 Å². The summed E-state index contributed by atoms with van der Waals surface area (Å²) in [7, 11) is 0. The van der Waals surface area contributed by atoms with E-state index >= 15 is 0 Å². The van der Waals surface area contributed by atoms with Gasteiger partial charge in [0.15, 0.2) is 6.33 Å². The lowest BCUT2D eigenvalue weighted by Crippen LogP contribution is -2.22. The van der Waals surface area contributed by atoms with Crippen LogP contribution < -0.4 is 16.4 Å². The molecule has 0 radical (unpaired) electrons. The van der Waals surface area contributed by atoms with E-state index < -0.39 is 0 Å². The van der Waals surface area contributed by atoms with Crippen molar-refractivity contribution in [2.24, 2.45) is 0 Å². The van der Waals surface area contributed by atoms with Crippen LogP contribution in [0.2, 0.25) is 0 Å². The fraction of sp³-hybridized carbons (Fsp3) is 0.250. The quantitative estimate of drug-likeness (QED) is 0.664. The fourth-order valence-electron chi connectivity index (χ4n) is 1.51. The summed E-state index contributed by atoms with van der Waals surface area (Å²) in [5.41, 5.74) is 6.28. The Hall–Kier alpha value is -2.35. The average molecular weight is 293 g/mol. The highest BCUT2D eigenvalue weighted by molar-refractivity contribution is 7.18. The molecule has 0 saturated carbocycles. The number of hydrogen-bond donors (Lipinski definition) is 3. The van der Waals surface area contributed by atoms with Gasteiger partial charge in [0.2, 0.25) is 5.89 Å². The normalized spacial score (nSPS) is 10.2. The van der Waals surface area contributed by atoms with Gasteiger partial charge in [-0.05, 0) is 6.07 Å². The van der Waals surface area contributed by atoms with Crippen molar-refractivity contribution in [3.8, 4) is 0 Å². The topological polar surface area (TPSA) is 106 Å². The van der Waals surface area contributed by atoms with Gasteiger partial charge in [0.05, 0.1) is 10.7 Å². The molecule has 2 rings (SSSR count). The van der Waals surface area contributed by atoms with Crippen molar-refractivity contribution in [1.29, 1.82) is 0 Å². The van der Waals surface area contributed by atoms with Crippen molar-refractivity contribution in [2.75, 3.05) is 24.1 Å². The molecule has 2 heterocycles. The predicted molar refractivity (Wildman–Crippen MR) is 77.8 cm³/mol. The number of nitrogens with two attached hydrogens (primary N) is 1. The van der Waals surface area contributed by atoms with Gasteiger partial charge in [0.1, 0.15) is 4.88 Å². The van der Waals surface area contributed by atoms with Crippen LogP contribution in [-0.2, 0) is 6.42 Å². The molecule has 2 aromatic rings. The molecule has 7 nitrogen and oxygen atoms in total. The minimum atomic E-state index is -0.197. The zero-order valence-electron chi connectivity index (χ0n) is 10.8. The van der Waals surface area contributed by atoms with E-state index in [0.717, 1.165) is 5.00 Å². The predicted octanol–water partition coefficient (Wildman–Crippen LogP) is 1.28. The molecule has 0 aliphatic heterocycles. The second-order valence-electron chi connectivity index (χ2n) is 3.91. The number of hydrogen-bond acceptors (Lipinski definition) is 7. The Morgan fingerprint density at radius 3 is 3.15 bits per heavy atom. The fourth-order valence-corrected chi connectivity index (χ4v) is 2.44. The molecule has 0 saturated heterocycles. The number of aromatic nitrogens is 2. The molecule has 4 N–H and O–H groups in total. The van der Waals surface area contributed by atoms with Crippen LogP contribution in [-0.4, -0.2) is 29.1 Å². The standard InChI is InChI=1S/C12H15N5O2S/c1-2-4-15-12(18)11-8(13)6-10(20-11)14-5-3-9-16-7-17-19-9/h2,6-7,14H,1,3-5,13H2,(H,15,18). The number of nitrogens with one attached hydrogen (secondary N) is 2. The first-order chi connectivity index (χ1) is 9.70. The van der Waals surface area contributed by atoms with Crippen molar-refractivity contribution in [1.82, 2.24) is 15.5 Å². The molecule has 0 aliphatic carbocycles. The van der Waals surface area contributed by atoms with E-state index in [0.29, 0.717) is 36.0 Å². The summed E-state index contributed by atoms with van der Waals surface area (Å²) >= 11 is 1.31. The first-order valence-electron chi connectivity index (χ1n) is 5.98. The molecular formula is C12H15N5O2S. The first kappa shape index (κ1) is 14.1. The molecule has 0 atom stereocenters. The molecule has 0 aliphatic rings. The number of carbonyl (C=O) groups is 1. The SMILES string of the molecule is C=CCNC(=O)c1sc(NCCc2ncno2)cc1N. The smallest absolute Gasteiger partial charge is 0.263 e. The van der Waals surface area contributed by atoms with Gasteiger partial charge in [-0.25, -0.2) is 0 Å². The molecule has 0 unspecified atom stereocenters. The molecule has 0 aromatic carbocycles. The Kier molecular flexibility index (Phi) is 4.72. The highest BCUT2D eigenvalue weighted by Gasteiger charge is 2.13. The van der Waals surface area contributed by atoms with E-state index in [-0.39, 0.29) is 5.91 Å². The summed E-state index contributed by atoms with van der Waals surface area (Å²) in [6.45, 7) is 4.58. The number of rotatable bonds is 7. The van der Waals surface area contributed by atoms with Gasteiger partial charge >= 0.3 is 0 Å². The van der Waals surface area contributed by atoms with Crippen LogP contribution in [0.15, 0.2) is 29.6 Å². The number of nitrogen functional groups attached to an aromatic ring is 1. The molecule has 20 heavy (non-hydrogen) atoms. The maximum Gasteiger partial charge on any atom is 0.263 e. The molecule has 8 heteroatoms. The zero-order valence-corrected chi connectivity index (χ0v) is 11.6. The van der Waals surface area contributed by atoms with Gasteiger partial charge in [-0.1, -0.05) is 11.2 Å². The summed E-state index contributed by atoms with van der Waals surface area (Å²) in [6, 6.07) is 1.74. The zero-order chi connectivity index (χ0) is 14.4. The van der Waals surface area contributed by atoms with Crippen molar-refractivity contribution < 1.29 is 9.32 Å². The molecular weight excluding hydrogens is 278 g/mol. The van der Waals surface area contributed by atoms with Crippen molar-refractivity contribution in [3.63, 3.8) is 0 Å². The van der Waals surface area contributed by atoms with E-state index in [1.54, 1.807) is 12.1 Å². The van der Waals surface area contributed by atoms with Gasteiger partial charge in [-0.15, -0.1) is 17.9 Å². The van der Waals surface area contributed by atoms with Crippen molar-refractivity contribution >= 4 is 27.9 Å². The number of nitrogens with zero attached hydrogens (tertiary/aromatic N) is 2. The molecule has 2 aromatic heterocycles. The van der Waals surface area contributed by atoms with Crippen LogP contribution in [0.5, 0.6) is 0 Å². The van der Waals surface area contributed by atoms with Crippen LogP contribution in [0.25, 0.3) is 0 Å². The highest BCUT2D eigenvalue weighted by atomic mass is 32.1. The third kappa shape index (κ3) is 3.58. The van der Waals surface area contributed by atoms with Crippen LogP contribution in [0.3, 0.4) is 0 Å². The second kappa shape index (κ2) is 6.71. The lowest BCUT2D eigenvalue weighted by atomic mass is 10.3. The average Bonchev–Trinajstić information content (AvgIpc) is 3.06. The molecule has 1 amide bonds. The molecule has 0 spiro atoms. The number of anilines is 2. The Morgan fingerprint density at radius 1 is 1.60 bits per heavy atom. The van der Waals surface area contributed by atoms with Gasteiger partial charge in [-0.2, -0.15) is 4.98 Å². The summed E-state index contributed by atoms with van der Waals surface area (Å²) in [4.78, 5) is 16.2. The Labute approximate surface area is 119 Å². The first-order valence-corrected chi connectivity index (χ1v) is 6.80. The third-order valence-electron chi connectivity index (χ3n) is 2.42. The summed E-state index contributed by atoms with van der Waals surface area (Å²) in [5, 5.41) is 10.2. The van der Waals surface area contributed by atoms with Gasteiger partial charge in [0, 0.05) is 19.5 Å². The van der Waals surface area contributed by atoms with Gasteiger partial charge in [-0.3, -0.25) is 4.79 Å². The minimum absolute atomic E-state index is 0.197.